The predicted octanol–water partition coefficient (Wildman–Crippen LogP) is 5.44. The van der Waals surface area contributed by atoms with Crippen LogP contribution in [-0.2, 0) is 14.3 Å². The molecule has 3 amide bonds. The van der Waals surface area contributed by atoms with Gasteiger partial charge in [-0.25, -0.2) is 4.79 Å². The number of aryl methyl sites for hydroxylation is 2. The largest absolute Gasteiger partial charge is 0.444 e. The third kappa shape index (κ3) is 9.19. The smallest absolute Gasteiger partial charge is 0.408 e. The van der Waals surface area contributed by atoms with E-state index in [1.165, 1.54) is 0 Å². The zero-order valence-corrected chi connectivity index (χ0v) is 24.0. The van der Waals surface area contributed by atoms with Crippen molar-refractivity contribution in [1.29, 1.82) is 0 Å². The molecule has 0 spiro atoms. The van der Waals surface area contributed by atoms with Crippen molar-refractivity contribution < 1.29 is 19.1 Å². The zero-order chi connectivity index (χ0) is 27.5. The maximum absolute atomic E-state index is 14.2. The molecular weight excluding hydrogens is 442 g/mol. The van der Waals surface area contributed by atoms with Crippen LogP contribution < -0.4 is 10.6 Å². The number of carbonyl (C=O) groups is 3. The van der Waals surface area contributed by atoms with Crippen LogP contribution in [0.25, 0.3) is 0 Å². The Morgan fingerprint density at radius 1 is 0.914 bits per heavy atom. The van der Waals surface area contributed by atoms with Crippen LogP contribution in [0.3, 0.4) is 0 Å². The minimum atomic E-state index is -0.886. The second-order valence-corrected chi connectivity index (χ2v) is 12.7. The number of alkyl carbamates (subject to hydrolysis) is 1. The van der Waals surface area contributed by atoms with Gasteiger partial charge in [0.2, 0.25) is 11.8 Å². The van der Waals surface area contributed by atoms with Gasteiger partial charge in [0.1, 0.15) is 17.7 Å². The van der Waals surface area contributed by atoms with Gasteiger partial charge in [0.15, 0.2) is 0 Å². The lowest BCUT2D eigenvalue weighted by atomic mass is 9.90. The topological polar surface area (TPSA) is 87.7 Å². The average molecular weight is 490 g/mol. The number of ether oxygens (including phenoxy) is 1. The van der Waals surface area contributed by atoms with E-state index in [1.54, 1.807) is 25.7 Å². The molecule has 198 valence electrons. The molecule has 0 saturated heterocycles. The van der Waals surface area contributed by atoms with E-state index in [4.69, 9.17) is 4.74 Å². The minimum Gasteiger partial charge on any atom is -0.444 e. The van der Waals surface area contributed by atoms with E-state index in [2.05, 4.69) is 10.6 Å². The van der Waals surface area contributed by atoms with Crippen LogP contribution in [0.15, 0.2) is 18.2 Å². The normalized spacial score (nSPS) is 14.2. The molecule has 0 heterocycles. The third-order valence-electron chi connectivity index (χ3n) is 5.30. The summed E-state index contributed by atoms with van der Waals surface area (Å²) in [6.07, 6.45) is -0.666. The quantitative estimate of drug-likeness (QED) is 0.557. The Morgan fingerprint density at radius 3 is 1.89 bits per heavy atom. The molecule has 1 rings (SSSR count). The fourth-order valence-corrected chi connectivity index (χ4v) is 3.83. The van der Waals surface area contributed by atoms with Crippen molar-refractivity contribution >= 4 is 17.9 Å². The third-order valence-corrected chi connectivity index (χ3v) is 5.30. The first-order chi connectivity index (χ1) is 15.6. The number of hydrogen-bond acceptors (Lipinski definition) is 4. The molecule has 1 aromatic carbocycles. The summed E-state index contributed by atoms with van der Waals surface area (Å²) in [6.45, 7) is 24.4. The maximum Gasteiger partial charge on any atom is 0.408 e. The van der Waals surface area contributed by atoms with E-state index in [0.717, 1.165) is 16.7 Å². The van der Waals surface area contributed by atoms with E-state index in [0.29, 0.717) is 0 Å². The van der Waals surface area contributed by atoms with Gasteiger partial charge in [-0.05, 0) is 93.2 Å². The highest BCUT2D eigenvalue weighted by molar-refractivity contribution is 5.93. The highest BCUT2D eigenvalue weighted by Gasteiger charge is 2.43. The molecule has 0 aliphatic carbocycles. The van der Waals surface area contributed by atoms with Gasteiger partial charge >= 0.3 is 6.09 Å². The Bertz CT molecular complexity index is 918. The van der Waals surface area contributed by atoms with Gasteiger partial charge in [0.25, 0.3) is 0 Å². The number of nitrogens with one attached hydrogen (secondary N) is 2. The molecule has 7 heteroatoms. The molecule has 35 heavy (non-hydrogen) atoms. The molecule has 7 nitrogen and oxygen atoms in total. The lowest BCUT2D eigenvalue weighted by molar-refractivity contribution is -0.149. The van der Waals surface area contributed by atoms with E-state index < -0.39 is 34.9 Å². The maximum atomic E-state index is 14.2. The summed E-state index contributed by atoms with van der Waals surface area (Å²) in [4.78, 5) is 42.2. The molecule has 0 aliphatic rings. The summed E-state index contributed by atoms with van der Waals surface area (Å²) in [5, 5.41) is 5.83. The van der Waals surface area contributed by atoms with Crippen molar-refractivity contribution in [3.8, 4) is 0 Å². The van der Waals surface area contributed by atoms with Crippen molar-refractivity contribution in [2.45, 2.75) is 119 Å². The van der Waals surface area contributed by atoms with Gasteiger partial charge in [0, 0.05) is 11.1 Å². The number of carbonyl (C=O) groups excluding carboxylic acids is 3. The van der Waals surface area contributed by atoms with E-state index in [-0.39, 0.29) is 17.7 Å². The van der Waals surface area contributed by atoms with Gasteiger partial charge < -0.3 is 20.3 Å². The zero-order valence-electron chi connectivity index (χ0n) is 24.0. The first-order valence-electron chi connectivity index (χ1n) is 12.4. The van der Waals surface area contributed by atoms with Crippen LogP contribution >= 0.6 is 0 Å². The Morgan fingerprint density at radius 2 is 1.46 bits per heavy atom. The molecule has 2 unspecified atom stereocenters. The molecule has 2 N–H and O–H groups in total. The van der Waals surface area contributed by atoms with Gasteiger partial charge in [-0.15, -0.1) is 0 Å². The van der Waals surface area contributed by atoms with E-state index >= 15 is 0 Å². The van der Waals surface area contributed by atoms with Crippen molar-refractivity contribution in [3.05, 3.63) is 34.9 Å². The molecule has 0 bridgehead atoms. The standard InChI is InChI=1S/C28H47N3O4/c1-17(2)21(29-25(34)35-28(11,12)13)24(33)31(27(8,9)10)22(23(32)30-26(5,6)7)20-16-18(3)14-15-19(20)4/h14-17,21-22H,1-13H3,(H,29,34)(H,30,32). The summed E-state index contributed by atoms with van der Waals surface area (Å²) in [5.41, 5.74) is 0.740. The van der Waals surface area contributed by atoms with Crippen LogP contribution in [0.5, 0.6) is 0 Å². The van der Waals surface area contributed by atoms with Crippen LogP contribution in [-0.4, -0.2) is 45.5 Å². The monoisotopic (exact) mass is 489 g/mol. The first kappa shape index (κ1) is 30.5. The molecule has 0 saturated carbocycles. The Kier molecular flexibility index (Phi) is 9.58. The fourth-order valence-electron chi connectivity index (χ4n) is 3.83. The Labute approximate surface area is 212 Å². The molecule has 1 aromatic rings. The van der Waals surface area contributed by atoms with Crippen LogP contribution in [0.4, 0.5) is 4.79 Å². The second-order valence-electron chi connectivity index (χ2n) is 12.7. The number of nitrogens with zero attached hydrogens (tertiary/aromatic N) is 1. The van der Waals surface area contributed by atoms with E-state index in [9.17, 15) is 14.4 Å². The van der Waals surface area contributed by atoms with Crippen molar-refractivity contribution in [1.82, 2.24) is 15.5 Å². The molecule has 0 aromatic heterocycles. The molecule has 0 radical (unpaired) electrons. The average Bonchev–Trinajstić information content (AvgIpc) is 2.61. The summed E-state index contributed by atoms with van der Waals surface area (Å²) >= 11 is 0. The summed E-state index contributed by atoms with van der Waals surface area (Å²) in [7, 11) is 0. The Hall–Kier alpha value is -2.57. The highest BCUT2D eigenvalue weighted by Crippen LogP contribution is 2.33. The lowest BCUT2D eigenvalue weighted by Gasteiger charge is -2.44. The molecule has 0 fully saturated rings. The second kappa shape index (κ2) is 11.0. The van der Waals surface area contributed by atoms with Crippen molar-refractivity contribution in [2.24, 2.45) is 5.92 Å². The lowest BCUT2D eigenvalue weighted by Crippen LogP contribution is -2.60. The Balaban J connectivity index is 3.68. The fraction of sp³-hybridized carbons (Fsp3) is 0.679. The molecular formula is C28H47N3O4. The summed E-state index contributed by atoms with van der Waals surface area (Å²) < 4.78 is 5.43. The van der Waals surface area contributed by atoms with Crippen molar-refractivity contribution in [2.75, 3.05) is 0 Å². The van der Waals surface area contributed by atoms with Crippen LogP contribution in [0.2, 0.25) is 0 Å². The summed E-state index contributed by atoms with van der Waals surface area (Å²) in [5.74, 6) is -0.840. The number of benzene rings is 1. The number of rotatable bonds is 6. The predicted molar refractivity (Wildman–Crippen MR) is 141 cm³/mol. The van der Waals surface area contributed by atoms with Crippen LogP contribution in [0.1, 0.15) is 98.9 Å². The molecule has 0 aliphatic heterocycles. The number of amides is 3. The van der Waals surface area contributed by atoms with E-state index in [1.807, 2.05) is 87.4 Å². The van der Waals surface area contributed by atoms with Crippen LogP contribution in [0, 0.1) is 19.8 Å². The summed E-state index contributed by atoms with van der Waals surface area (Å²) in [6, 6.07) is 4.15. The number of hydrogen-bond donors (Lipinski definition) is 2. The molecule has 2 atom stereocenters. The minimum absolute atomic E-state index is 0.232. The van der Waals surface area contributed by atoms with Gasteiger partial charge in [-0.1, -0.05) is 37.6 Å². The van der Waals surface area contributed by atoms with Gasteiger partial charge in [-0.3, -0.25) is 9.59 Å². The van der Waals surface area contributed by atoms with Crippen molar-refractivity contribution in [3.63, 3.8) is 0 Å². The van der Waals surface area contributed by atoms with Gasteiger partial charge in [-0.2, -0.15) is 0 Å². The van der Waals surface area contributed by atoms with Gasteiger partial charge in [0.05, 0.1) is 0 Å². The highest BCUT2D eigenvalue weighted by atomic mass is 16.6. The first-order valence-corrected chi connectivity index (χ1v) is 12.4. The SMILES string of the molecule is Cc1ccc(C)c(C(C(=O)NC(C)(C)C)N(C(=O)C(NC(=O)OC(C)(C)C)C(C)C)C(C)(C)C)c1.